The van der Waals surface area contributed by atoms with E-state index in [0.29, 0.717) is 4.88 Å². The third-order valence-corrected chi connectivity index (χ3v) is 6.63. The van der Waals surface area contributed by atoms with E-state index < -0.39 is 5.97 Å². The van der Waals surface area contributed by atoms with Gasteiger partial charge in [0.1, 0.15) is 17.2 Å². The van der Waals surface area contributed by atoms with Crippen molar-refractivity contribution in [3.8, 4) is 17.9 Å². The molecule has 7 heteroatoms. The number of aromatic nitrogens is 3. The van der Waals surface area contributed by atoms with Gasteiger partial charge in [0.15, 0.2) is 5.65 Å². The predicted molar refractivity (Wildman–Crippen MR) is 139 cm³/mol. The number of carbonyl (C=O) groups is 1. The predicted octanol–water partition coefficient (Wildman–Crippen LogP) is 5.99. The van der Waals surface area contributed by atoms with Crippen molar-refractivity contribution < 1.29 is 9.90 Å². The topological polar surface area (TPSA) is 91.8 Å². The molecule has 6 nitrogen and oxygen atoms in total. The van der Waals surface area contributed by atoms with Crippen molar-refractivity contribution >= 4 is 56.5 Å². The molecule has 3 aromatic heterocycles. The highest BCUT2D eigenvalue weighted by Crippen LogP contribution is 2.29. The summed E-state index contributed by atoms with van der Waals surface area (Å²) in [6.07, 6.45) is 3.50. The number of nitriles is 1. The number of aliphatic carboxylic acids is 1. The molecule has 0 saturated heterocycles. The molecule has 3 heterocycles. The lowest BCUT2D eigenvalue weighted by Gasteiger charge is -2.05. The maximum Gasteiger partial charge on any atom is 0.346 e. The molecule has 5 rings (SSSR count). The van der Waals surface area contributed by atoms with Crippen LogP contribution in [0.2, 0.25) is 0 Å². The number of rotatable bonds is 5. The van der Waals surface area contributed by atoms with Gasteiger partial charge in [-0.3, -0.25) is 0 Å². The van der Waals surface area contributed by atoms with Gasteiger partial charge in [-0.1, -0.05) is 37.3 Å². The molecule has 0 atom stereocenters. The first-order valence-electron chi connectivity index (χ1n) is 11.2. The third-order valence-electron chi connectivity index (χ3n) is 5.68. The summed E-state index contributed by atoms with van der Waals surface area (Å²) in [6, 6.07) is 19.3. The van der Waals surface area contributed by atoms with Crippen molar-refractivity contribution in [3.63, 3.8) is 0 Å². The average Bonchev–Trinajstić information content (AvgIpc) is 3.44. The highest BCUT2D eigenvalue weighted by Gasteiger charge is 2.14. The molecule has 0 amide bonds. The van der Waals surface area contributed by atoms with Gasteiger partial charge in [-0.2, -0.15) is 5.26 Å². The number of benzene rings is 2. The van der Waals surface area contributed by atoms with Gasteiger partial charge in [-0.25, -0.2) is 14.8 Å². The number of hydrogen-bond donors (Lipinski definition) is 1. The molecule has 0 spiro atoms. The Morgan fingerprint density at radius 2 is 1.91 bits per heavy atom. The summed E-state index contributed by atoms with van der Waals surface area (Å²) in [6.45, 7) is 3.05. The van der Waals surface area contributed by atoms with E-state index in [-0.39, 0.29) is 5.57 Å². The molecule has 2 aromatic carbocycles. The molecular formula is C28H20N4O2S. The van der Waals surface area contributed by atoms with Gasteiger partial charge < -0.3 is 9.67 Å². The third kappa shape index (κ3) is 4.38. The molecule has 170 valence electrons. The van der Waals surface area contributed by atoms with Crippen LogP contribution in [0.4, 0.5) is 0 Å². The number of carboxylic acids is 1. The van der Waals surface area contributed by atoms with Crippen LogP contribution in [0.25, 0.3) is 39.2 Å². The Labute approximate surface area is 205 Å². The minimum atomic E-state index is -1.24. The van der Waals surface area contributed by atoms with Gasteiger partial charge in [-0.15, -0.1) is 11.3 Å². The number of aryl methyl sites for hydroxylation is 1. The molecule has 0 fully saturated rings. The van der Waals surface area contributed by atoms with Crippen molar-refractivity contribution in [3.05, 3.63) is 75.5 Å². The molecule has 0 aliphatic heterocycles. The van der Waals surface area contributed by atoms with Crippen molar-refractivity contribution in [1.29, 1.82) is 5.26 Å². The van der Waals surface area contributed by atoms with E-state index in [1.54, 1.807) is 12.1 Å². The summed E-state index contributed by atoms with van der Waals surface area (Å²) in [4.78, 5) is 22.4. The normalized spacial score (nSPS) is 11.5. The zero-order valence-corrected chi connectivity index (χ0v) is 19.8. The van der Waals surface area contributed by atoms with Crippen molar-refractivity contribution in [2.45, 2.75) is 26.3 Å². The number of thiophene rings is 1. The number of fused-ring (bicyclic) bond motifs is 4. The van der Waals surface area contributed by atoms with E-state index >= 15 is 0 Å². The zero-order valence-electron chi connectivity index (χ0n) is 18.9. The Morgan fingerprint density at radius 1 is 1.11 bits per heavy atom. The minimum absolute atomic E-state index is 0.301. The molecule has 1 N–H and O–H groups in total. The van der Waals surface area contributed by atoms with Crippen LogP contribution in [0, 0.1) is 23.2 Å². The lowest BCUT2D eigenvalue weighted by molar-refractivity contribution is -0.132. The van der Waals surface area contributed by atoms with Crippen molar-refractivity contribution in [1.82, 2.24) is 14.5 Å². The maximum absolute atomic E-state index is 11.1. The van der Waals surface area contributed by atoms with E-state index in [0.717, 1.165) is 62.9 Å². The Bertz CT molecular complexity index is 1740. The Balaban J connectivity index is 1.57. The number of nitrogens with zero attached hydrogens (tertiary/aromatic N) is 4. The second kappa shape index (κ2) is 9.42. The summed E-state index contributed by atoms with van der Waals surface area (Å²) in [5, 5.41) is 19.0. The maximum atomic E-state index is 11.1. The second-order valence-corrected chi connectivity index (χ2v) is 9.16. The highest BCUT2D eigenvalue weighted by molar-refractivity contribution is 7.13. The Kier molecular flexibility index (Phi) is 6.01. The quantitative estimate of drug-likeness (QED) is 0.191. The van der Waals surface area contributed by atoms with Gasteiger partial charge in [0.25, 0.3) is 0 Å². The number of hydrogen-bond acceptors (Lipinski definition) is 5. The zero-order chi connectivity index (χ0) is 24.4. The van der Waals surface area contributed by atoms with E-state index in [4.69, 9.17) is 20.3 Å². The van der Waals surface area contributed by atoms with Gasteiger partial charge in [0, 0.05) is 22.4 Å². The van der Waals surface area contributed by atoms with Crippen LogP contribution >= 0.6 is 11.3 Å². The van der Waals surface area contributed by atoms with E-state index in [1.807, 2.05) is 36.4 Å². The number of carboxylic acid groups (broad SMARTS) is 1. The first-order chi connectivity index (χ1) is 17.1. The molecule has 0 aliphatic rings. The van der Waals surface area contributed by atoms with Crippen LogP contribution in [0.5, 0.6) is 0 Å². The van der Waals surface area contributed by atoms with Crippen LogP contribution < -0.4 is 0 Å². The standard InChI is InChI=1S/C28H20N4O2S/c1-2-3-14-32-25-13-9-18(8-10-20-11-12-21(35-20)16-19(17-29)28(33)34)15-22(25)26-27(32)31-24-7-5-4-6-23(24)30-26/h4-7,9,11-13,15-16H,2-3,14H2,1H3,(H,33,34)/b19-16+. The summed E-state index contributed by atoms with van der Waals surface area (Å²) in [5.74, 6) is 5.12. The molecule has 5 aromatic rings. The number of unbranched alkanes of at least 4 members (excludes halogenated alkanes) is 1. The molecule has 0 aliphatic carbocycles. The van der Waals surface area contributed by atoms with Gasteiger partial charge >= 0.3 is 5.97 Å². The summed E-state index contributed by atoms with van der Waals surface area (Å²) in [7, 11) is 0. The fourth-order valence-electron chi connectivity index (χ4n) is 3.97. The van der Waals surface area contributed by atoms with Crippen LogP contribution in [-0.4, -0.2) is 25.6 Å². The molecule has 0 bridgehead atoms. The van der Waals surface area contributed by atoms with E-state index in [1.165, 1.54) is 17.4 Å². The molecule has 0 unspecified atom stereocenters. The van der Waals surface area contributed by atoms with Gasteiger partial charge in [0.05, 0.1) is 21.4 Å². The molecule has 0 radical (unpaired) electrons. The van der Waals surface area contributed by atoms with Crippen LogP contribution in [0.15, 0.2) is 60.2 Å². The van der Waals surface area contributed by atoms with Gasteiger partial charge in [-0.05, 0) is 55.0 Å². The second-order valence-electron chi connectivity index (χ2n) is 8.05. The lowest BCUT2D eigenvalue weighted by atomic mass is 10.1. The lowest BCUT2D eigenvalue weighted by Crippen LogP contribution is -1.99. The molecule has 0 saturated carbocycles. The first-order valence-corrected chi connectivity index (χ1v) is 12.0. The highest BCUT2D eigenvalue weighted by atomic mass is 32.1. The van der Waals surface area contributed by atoms with Crippen LogP contribution in [0.1, 0.15) is 35.1 Å². The average molecular weight is 477 g/mol. The van der Waals surface area contributed by atoms with Crippen molar-refractivity contribution in [2.75, 3.05) is 0 Å². The smallest absolute Gasteiger partial charge is 0.346 e. The first kappa shape index (κ1) is 22.3. The Morgan fingerprint density at radius 3 is 2.66 bits per heavy atom. The molecule has 35 heavy (non-hydrogen) atoms. The minimum Gasteiger partial charge on any atom is -0.477 e. The summed E-state index contributed by atoms with van der Waals surface area (Å²) >= 11 is 1.34. The molecular weight excluding hydrogens is 456 g/mol. The largest absolute Gasteiger partial charge is 0.477 e. The van der Waals surface area contributed by atoms with Gasteiger partial charge in [0.2, 0.25) is 0 Å². The number of para-hydroxylation sites is 2. The van der Waals surface area contributed by atoms with E-state index in [2.05, 4.69) is 35.5 Å². The van der Waals surface area contributed by atoms with Crippen molar-refractivity contribution in [2.24, 2.45) is 0 Å². The fraction of sp³-hybridized carbons (Fsp3) is 0.143. The van der Waals surface area contributed by atoms with E-state index in [9.17, 15) is 4.79 Å². The van der Waals surface area contributed by atoms with Crippen LogP contribution in [0.3, 0.4) is 0 Å². The fourth-order valence-corrected chi connectivity index (χ4v) is 4.78. The SMILES string of the molecule is CCCCn1c2ccc(C#Cc3ccc(/C=C(\C#N)C(=O)O)s3)cc2c2nc3ccccc3nc21. The monoisotopic (exact) mass is 476 g/mol. The van der Waals surface area contributed by atoms with Crippen LogP contribution in [-0.2, 0) is 11.3 Å². The summed E-state index contributed by atoms with van der Waals surface area (Å²) in [5.41, 5.74) is 5.16. The summed E-state index contributed by atoms with van der Waals surface area (Å²) < 4.78 is 2.25. The Hall–Kier alpha value is -4.46.